The van der Waals surface area contributed by atoms with E-state index in [-0.39, 0.29) is 0 Å². The minimum atomic E-state index is 0.637. The second kappa shape index (κ2) is 6.13. The molecule has 0 atom stereocenters. The Kier molecular flexibility index (Phi) is 3.94. The predicted octanol–water partition coefficient (Wildman–Crippen LogP) is 4.97. The van der Waals surface area contributed by atoms with Gasteiger partial charge in [0.05, 0.1) is 11.0 Å². The number of hydrogen-bond acceptors (Lipinski definition) is 4. The van der Waals surface area contributed by atoms with Crippen LogP contribution in [0.4, 0.5) is 5.82 Å². The van der Waals surface area contributed by atoms with Crippen LogP contribution in [0.2, 0.25) is 0 Å². The van der Waals surface area contributed by atoms with E-state index in [1.165, 1.54) is 16.9 Å². The predicted molar refractivity (Wildman–Crippen MR) is 108 cm³/mol. The molecular weight excluding hydrogens is 348 g/mol. The van der Waals surface area contributed by atoms with Gasteiger partial charge in [-0.15, -0.1) is 0 Å². The van der Waals surface area contributed by atoms with E-state index >= 15 is 0 Å². The Hall–Kier alpha value is -2.44. The molecule has 0 aliphatic carbocycles. The maximum absolute atomic E-state index is 6.48. The van der Waals surface area contributed by atoms with E-state index in [1.807, 2.05) is 29.8 Å². The number of aryl methyl sites for hydroxylation is 2. The summed E-state index contributed by atoms with van der Waals surface area (Å²) in [4.78, 5) is 5.66. The van der Waals surface area contributed by atoms with Gasteiger partial charge in [-0.2, -0.15) is 0 Å². The first-order chi connectivity index (χ1) is 12.1. The van der Waals surface area contributed by atoms with Crippen molar-refractivity contribution in [3.05, 3.63) is 58.0 Å². The summed E-state index contributed by atoms with van der Waals surface area (Å²) in [5, 5.41) is 0. The molecule has 0 unspecified atom stereocenters. The van der Waals surface area contributed by atoms with Crippen molar-refractivity contribution in [2.45, 2.75) is 13.3 Å². The quantitative estimate of drug-likeness (QED) is 0.521. The van der Waals surface area contributed by atoms with Crippen LogP contribution >= 0.6 is 23.6 Å². The Morgan fingerprint density at radius 3 is 2.52 bits per heavy atom. The number of nitrogen functional groups attached to an aromatic ring is 1. The van der Waals surface area contributed by atoms with E-state index < -0.39 is 0 Å². The van der Waals surface area contributed by atoms with Gasteiger partial charge in [0, 0.05) is 12.7 Å². The molecule has 0 aliphatic heterocycles. The molecule has 126 valence electrons. The number of aromatic nitrogens is 3. The highest BCUT2D eigenvalue weighted by molar-refractivity contribution is 7.73. The lowest BCUT2D eigenvalue weighted by atomic mass is 10.1. The number of imidazole rings is 1. The lowest BCUT2D eigenvalue weighted by molar-refractivity contribution is 0.960. The topological polar surface area (TPSA) is 48.8 Å². The molecule has 2 aromatic carbocycles. The number of benzene rings is 2. The van der Waals surface area contributed by atoms with Gasteiger partial charge in [0.1, 0.15) is 10.7 Å². The number of para-hydroxylation sites is 2. The molecule has 2 N–H and O–H groups in total. The second-order valence-corrected chi connectivity index (χ2v) is 7.57. The van der Waals surface area contributed by atoms with Gasteiger partial charge >= 0.3 is 0 Å². The van der Waals surface area contributed by atoms with Crippen LogP contribution in [0.3, 0.4) is 0 Å². The maximum atomic E-state index is 6.48. The first-order valence-electron chi connectivity index (χ1n) is 8.12. The fourth-order valence-electron chi connectivity index (χ4n) is 3.02. The Morgan fingerprint density at radius 2 is 1.84 bits per heavy atom. The molecule has 0 saturated carbocycles. The molecule has 0 aliphatic rings. The molecule has 0 bridgehead atoms. The van der Waals surface area contributed by atoms with E-state index in [9.17, 15) is 0 Å². The summed E-state index contributed by atoms with van der Waals surface area (Å²) < 4.78 is 4.72. The summed E-state index contributed by atoms with van der Waals surface area (Å²) in [5.41, 5.74) is 10.8. The third-order valence-corrected chi connectivity index (χ3v) is 5.82. The lowest BCUT2D eigenvalue weighted by Gasteiger charge is -2.07. The van der Waals surface area contributed by atoms with Crippen LogP contribution in [0.15, 0.2) is 48.5 Å². The first-order valence-corrected chi connectivity index (χ1v) is 9.35. The van der Waals surface area contributed by atoms with Crippen molar-refractivity contribution in [1.29, 1.82) is 0 Å². The van der Waals surface area contributed by atoms with Gasteiger partial charge in [0.15, 0.2) is 9.78 Å². The summed E-state index contributed by atoms with van der Waals surface area (Å²) in [5.74, 6) is 1.48. The van der Waals surface area contributed by atoms with Crippen molar-refractivity contribution in [2.24, 2.45) is 7.05 Å². The van der Waals surface area contributed by atoms with Gasteiger partial charge < -0.3 is 10.3 Å². The molecule has 0 radical (unpaired) electrons. The molecule has 4 rings (SSSR count). The monoisotopic (exact) mass is 366 g/mol. The van der Waals surface area contributed by atoms with Crippen molar-refractivity contribution in [2.75, 3.05) is 5.73 Å². The zero-order valence-corrected chi connectivity index (χ0v) is 15.7. The van der Waals surface area contributed by atoms with E-state index in [0.717, 1.165) is 37.8 Å². The van der Waals surface area contributed by atoms with Crippen LogP contribution in [0.5, 0.6) is 0 Å². The average molecular weight is 367 g/mol. The number of rotatable bonds is 3. The van der Waals surface area contributed by atoms with Crippen LogP contribution in [0.25, 0.3) is 27.4 Å². The van der Waals surface area contributed by atoms with E-state index in [4.69, 9.17) is 22.9 Å². The standard InChI is InChI=1S/C19H18N4S2/c1-3-12-8-10-13(11-9-12)23-17(20)16(25-19(23)24)18-21-14-6-4-5-7-15(14)22(18)2/h4-11H,3,20H2,1-2H3. The Labute approximate surface area is 155 Å². The van der Waals surface area contributed by atoms with Crippen molar-refractivity contribution in [1.82, 2.24) is 14.1 Å². The summed E-state index contributed by atoms with van der Waals surface area (Å²) in [6.07, 6.45) is 1.01. The lowest BCUT2D eigenvalue weighted by Crippen LogP contribution is -2.02. The van der Waals surface area contributed by atoms with Crippen LogP contribution < -0.4 is 5.73 Å². The normalized spacial score (nSPS) is 11.3. The molecule has 4 nitrogen and oxygen atoms in total. The summed E-state index contributed by atoms with van der Waals surface area (Å²) in [6.45, 7) is 2.14. The summed E-state index contributed by atoms with van der Waals surface area (Å²) in [6, 6.07) is 16.4. The molecule has 0 saturated heterocycles. The van der Waals surface area contributed by atoms with Gasteiger partial charge in [-0.1, -0.05) is 42.5 Å². The highest BCUT2D eigenvalue weighted by Crippen LogP contribution is 2.35. The number of thiazole rings is 1. The van der Waals surface area contributed by atoms with Gasteiger partial charge in [-0.25, -0.2) is 4.98 Å². The molecule has 6 heteroatoms. The number of fused-ring (bicyclic) bond motifs is 1. The van der Waals surface area contributed by atoms with Crippen LogP contribution in [0, 0.1) is 3.95 Å². The Balaban J connectivity index is 1.89. The van der Waals surface area contributed by atoms with Crippen molar-refractivity contribution >= 4 is 40.4 Å². The van der Waals surface area contributed by atoms with Crippen LogP contribution in [0.1, 0.15) is 12.5 Å². The molecular formula is C19H18N4S2. The molecule has 2 heterocycles. The molecule has 25 heavy (non-hydrogen) atoms. The molecule has 0 spiro atoms. The highest BCUT2D eigenvalue weighted by atomic mass is 32.1. The molecule has 0 fully saturated rings. The maximum Gasteiger partial charge on any atom is 0.168 e. The molecule has 4 aromatic rings. The minimum Gasteiger partial charge on any atom is -0.383 e. The number of anilines is 1. The van der Waals surface area contributed by atoms with E-state index in [0.29, 0.717) is 5.82 Å². The van der Waals surface area contributed by atoms with Crippen molar-refractivity contribution < 1.29 is 0 Å². The summed E-state index contributed by atoms with van der Waals surface area (Å²) in [7, 11) is 2.01. The van der Waals surface area contributed by atoms with Gasteiger partial charge in [-0.3, -0.25) is 4.57 Å². The summed E-state index contributed by atoms with van der Waals surface area (Å²) >= 11 is 7.09. The fraction of sp³-hybridized carbons (Fsp3) is 0.158. The third-order valence-electron chi connectivity index (χ3n) is 4.44. The minimum absolute atomic E-state index is 0.637. The number of nitrogens with two attached hydrogens (primary N) is 1. The second-order valence-electron chi connectivity index (χ2n) is 5.92. The smallest absolute Gasteiger partial charge is 0.168 e. The zero-order chi connectivity index (χ0) is 17.6. The molecule has 0 amide bonds. The fourth-order valence-corrected chi connectivity index (χ4v) is 4.41. The van der Waals surface area contributed by atoms with Gasteiger partial charge in [-0.05, 0) is 48.5 Å². The van der Waals surface area contributed by atoms with Gasteiger partial charge in [0.2, 0.25) is 0 Å². The number of hydrogen-bond donors (Lipinski definition) is 1. The Bertz CT molecular complexity index is 1120. The van der Waals surface area contributed by atoms with E-state index in [2.05, 4.69) is 41.8 Å². The zero-order valence-electron chi connectivity index (χ0n) is 14.1. The van der Waals surface area contributed by atoms with Crippen molar-refractivity contribution in [3.8, 4) is 16.4 Å². The molecule has 2 aromatic heterocycles. The van der Waals surface area contributed by atoms with Gasteiger partial charge in [0.25, 0.3) is 0 Å². The van der Waals surface area contributed by atoms with E-state index in [1.54, 1.807) is 0 Å². The largest absolute Gasteiger partial charge is 0.383 e. The SMILES string of the molecule is CCc1ccc(-n2c(N)c(-c3nc4ccccc4n3C)sc2=S)cc1. The Morgan fingerprint density at radius 1 is 1.12 bits per heavy atom. The highest BCUT2D eigenvalue weighted by Gasteiger charge is 2.18. The van der Waals surface area contributed by atoms with Crippen LogP contribution in [-0.2, 0) is 13.5 Å². The number of nitrogens with zero attached hydrogens (tertiary/aromatic N) is 3. The van der Waals surface area contributed by atoms with Crippen LogP contribution in [-0.4, -0.2) is 14.1 Å². The average Bonchev–Trinajstić information content (AvgIpc) is 3.12. The third kappa shape index (κ3) is 2.58. The van der Waals surface area contributed by atoms with Crippen molar-refractivity contribution in [3.63, 3.8) is 0 Å². The first kappa shape index (κ1) is 16.1.